The minimum atomic E-state index is 0.00292. The van der Waals surface area contributed by atoms with Gasteiger partial charge in [0.2, 0.25) is 11.8 Å². The van der Waals surface area contributed by atoms with Gasteiger partial charge >= 0.3 is 0 Å². The highest BCUT2D eigenvalue weighted by Gasteiger charge is 2.26. The van der Waals surface area contributed by atoms with Crippen molar-refractivity contribution in [3.8, 4) is 5.88 Å². The quantitative estimate of drug-likeness (QED) is 0.805. The maximum Gasteiger partial charge on any atom is 0.239 e. The molecule has 1 amide bonds. The van der Waals surface area contributed by atoms with E-state index >= 15 is 0 Å². The molecule has 0 aliphatic carbocycles. The van der Waals surface area contributed by atoms with Crippen molar-refractivity contribution in [1.29, 1.82) is 0 Å². The Morgan fingerprint density at radius 1 is 1.56 bits per heavy atom. The first kappa shape index (κ1) is 12.6. The van der Waals surface area contributed by atoms with Gasteiger partial charge in [-0.1, -0.05) is 0 Å². The number of amides is 1. The molecule has 0 bridgehead atoms. The van der Waals surface area contributed by atoms with Gasteiger partial charge in [0.05, 0.1) is 18.7 Å². The van der Waals surface area contributed by atoms with Crippen LogP contribution in [0.25, 0.3) is 0 Å². The van der Waals surface area contributed by atoms with Gasteiger partial charge in [-0.3, -0.25) is 4.79 Å². The highest BCUT2D eigenvalue weighted by atomic mass is 16.5. The van der Waals surface area contributed by atoms with Crippen LogP contribution < -0.4 is 20.3 Å². The van der Waals surface area contributed by atoms with E-state index in [1.807, 2.05) is 25.1 Å². The summed E-state index contributed by atoms with van der Waals surface area (Å²) in [5, 5.41) is 5.98. The number of methoxy groups -OCH3 is 1. The largest absolute Gasteiger partial charge is 0.479 e. The molecule has 0 unspecified atom stereocenters. The number of carbonyl (C=O) groups is 1. The van der Waals surface area contributed by atoms with Crippen molar-refractivity contribution in [2.24, 2.45) is 5.92 Å². The van der Waals surface area contributed by atoms with Crippen molar-refractivity contribution in [3.63, 3.8) is 0 Å². The molecule has 1 saturated heterocycles. The zero-order chi connectivity index (χ0) is 13.1. The van der Waals surface area contributed by atoms with Gasteiger partial charge in [-0.25, -0.2) is 4.98 Å². The van der Waals surface area contributed by atoms with Crippen molar-refractivity contribution < 1.29 is 9.53 Å². The summed E-state index contributed by atoms with van der Waals surface area (Å²) in [5.74, 6) is 0.468. The Balaban J connectivity index is 2.25. The van der Waals surface area contributed by atoms with Gasteiger partial charge in [-0.15, -0.1) is 0 Å². The van der Waals surface area contributed by atoms with Gasteiger partial charge in [0.1, 0.15) is 5.69 Å². The summed E-state index contributed by atoms with van der Waals surface area (Å²) in [6, 6.07) is 1.84. The zero-order valence-electron chi connectivity index (χ0n) is 10.9. The summed E-state index contributed by atoms with van der Waals surface area (Å²) < 4.78 is 5.20. The van der Waals surface area contributed by atoms with Crippen molar-refractivity contribution in [2.75, 3.05) is 44.5 Å². The number of carbonyl (C=O) groups excluding carboxylic acids is 1. The molecule has 1 aromatic heterocycles. The number of nitrogens with one attached hydrogen (secondary N) is 2. The number of aromatic nitrogens is 1. The first-order valence-electron chi connectivity index (χ1n) is 5.85. The predicted molar refractivity (Wildman–Crippen MR) is 70.1 cm³/mol. The van der Waals surface area contributed by atoms with E-state index in [2.05, 4.69) is 15.6 Å². The molecular formula is C12H18N4O2. The molecule has 0 radical (unpaired) electrons. The summed E-state index contributed by atoms with van der Waals surface area (Å²) >= 11 is 0. The molecule has 18 heavy (non-hydrogen) atoms. The molecule has 0 spiro atoms. The molecule has 2 heterocycles. The lowest BCUT2D eigenvalue weighted by Crippen LogP contribution is -2.48. The topological polar surface area (TPSA) is 66.5 Å². The van der Waals surface area contributed by atoms with Crippen LogP contribution in [0.5, 0.6) is 5.88 Å². The van der Waals surface area contributed by atoms with Crippen LogP contribution >= 0.6 is 0 Å². The summed E-state index contributed by atoms with van der Waals surface area (Å²) in [7, 11) is 5.37. The molecule has 1 aliphatic heterocycles. The highest BCUT2D eigenvalue weighted by Crippen LogP contribution is 2.32. The van der Waals surface area contributed by atoms with E-state index in [0.29, 0.717) is 11.6 Å². The molecule has 0 atom stereocenters. The van der Waals surface area contributed by atoms with Gasteiger partial charge in [-0.2, -0.15) is 0 Å². The Morgan fingerprint density at radius 3 is 2.78 bits per heavy atom. The third-order valence-corrected chi connectivity index (χ3v) is 2.97. The fourth-order valence-electron chi connectivity index (χ4n) is 1.78. The average Bonchev–Trinajstić information content (AvgIpc) is 2.26. The van der Waals surface area contributed by atoms with E-state index in [1.54, 1.807) is 13.3 Å². The van der Waals surface area contributed by atoms with Crippen molar-refractivity contribution in [1.82, 2.24) is 10.3 Å². The molecule has 1 aromatic rings. The van der Waals surface area contributed by atoms with E-state index in [1.165, 1.54) is 0 Å². The molecule has 2 N–H and O–H groups in total. The summed E-state index contributed by atoms with van der Waals surface area (Å²) in [5.41, 5.74) is 1.50. The Kier molecular flexibility index (Phi) is 3.66. The second-order valence-electron chi connectivity index (χ2n) is 4.45. The van der Waals surface area contributed by atoms with E-state index in [0.717, 1.165) is 18.8 Å². The van der Waals surface area contributed by atoms with Gasteiger partial charge < -0.3 is 20.3 Å². The van der Waals surface area contributed by atoms with Crippen LogP contribution in [0.15, 0.2) is 12.3 Å². The number of pyridine rings is 1. The minimum absolute atomic E-state index is 0.00292. The lowest BCUT2D eigenvalue weighted by Gasteiger charge is -2.27. The molecule has 1 aliphatic rings. The molecular weight excluding hydrogens is 232 g/mol. The number of hydrogen-bond acceptors (Lipinski definition) is 5. The van der Waals surface area contributed by atoms with Crippen molar-refractivity contribution in [2.45, 2.75) is 0 Å². The Bertz CT molecular complexity index is 444. The van der Waals surface area contributed by atoms with Crippen LogP contribution in [-0.2, 0) is 4.79 Å². The van der Waals surface area contributed by atoms with E-state index < -0.39 is 0 Å². The summed E-state index contributed by atoms with van der Waals surface area (Å²) in [6.45, 7) is 1.46. The maximum absolute atomic E-state index is 12.0. The lowest BCUT2D eigenvalue weighted by atomic mass is 10.0. The van der Waals surface area contributed by atoms with E-state index in [9.17, 15) is 4.79 Å². The van der Waals surface area contributed by atoms with Gasteiger partial charge in [-0.05, 0) is 6.07 Å². The molecule has 0 aromatic carbocycles. The normalized spacial score (nSPS) is 14.8. The van der Waals surface area contributed by atoms with E-state index in [4.69, 9.17) is 4.74 Å². The standard InChI is InChI=1S/C12H18N4O2/c1-16(2)9-4-5-14-12(18-3)10(9)15-11(17)8-6-13-7-8/h4-5,8,13H,6-7H2,1-3H3,(H,15,17). The second kappa shape index (κ2) is 5.22. The van der Waals surface area contributed by atoms with Gasteiger partial charge in [0.15, 0.2) is 0 Å². The number of anilines is 2. The Hall–Kier alpha value is -1.82. The molecule has 6 nitrogen and oxygen atoms in total. The third-order valence-electron chi connectivity index (χ3n) is 2.97. The summed E-state index contributed by atoms with van der Waals surface area (Å²) in [4.78, 5) is 18.0. The van der Waals surface area contributed by atoms with Crippen LogP contribution in [0.3, 0.4) is 0 Å². The van der Waals surface area contributed by atoms with Gasteiger partial charge in [0.25, 0.3) is 0 Å². The fourth-order valence-corrected chi connectivity index (χ4v) is 1.78. The monoisotopic (exact) mass is 250 g/mol. The molecule has 2 rings (SSSR count). The SMILES string of the molecule is COc1nccc(N(C)C)c1NC(=O)C1CNC1. The smallest absolute Gasteiger partial charge is 0.239 e. The fraction of sp³-hybridized carbons (Fsp3) is 0.500. The summed E-state index contributed by atoms with van der Waals surface area (Å²) in [6.07, 6.45) is 1.66. The first-order chi connectivity index (χ1) is 8.63. The van der Waals surface area contributed by atoms with Crippen molar-refractivity contribution >= 4 is 17.3 Å². The number of nitrogens with zero attached hydrogens (tertiary/aromatic N) is 2. The van der Waals surface area contributed by atoms with Crippen LogP contribution in [0.1, 0.15) is 0 Å². The Morgan fingerprint density at radius 2 is 2.28 bits per heavy atom. The average molecular weight is 250 g/mol. The lowest BCUT2D eigenvalue weighted by molar-refractivity contribution is -0.121. The maximum atomic E-state index is 12.0. The van der Waals surface area contributed by atoms with E-state index in [-0.39, 0.29) is 11.8 Å². The zero-order valence-corrected chi connectivity index (χ0v) is 10.9. The molecule has 6 heteroatoms. The van der Waals surface area contributed by atoms with Gasteiger partial charge in [0, 0.05) is 33.4 Å². The van der Waals surface area contributed by atoms with Crippen LogP contribution in [-0.4, -0.2) is 45.2 Å². The van der Waals surface area contributed by atoms with Crippen molar-refractivity contribution in [3.05, 3.63) is 12.3 Å². The van der Waals surface area contributed by atoms with Crippen LogP contribution in [0, 0.1) is 5.92 Å². The molecule has 0 saturated carbocycles. The number of rotatable bonds is 4. The highest BCUT2D eigenvalue weighted by molar-refractivity contribution is 5.98. The van der Waals surface area contributed by atoms with Crippen LogP contribution in [0.2, 0.25) is 0 Å². The molecule has 1 fully saturated rings. The predicted octanol–water partition coefficient (Wildman–Crippen LogP) is 0.314. The number of hydrogen-bond donors (Lipinski definition) is 2. The molecule has 98 valence electrons. The minimum Gasteiger partial charge on any atom is -0.479 e. The third kappa shape index (κ3) is 2.38. The second-order valence-corrected chi connectivity index (χ2v) is 4.45. The number of ether oxygens (including phenoxy) is 1. The Labute approximate surface area is 106 Å². The first-order valence-corrected chi connectivity index (χ1v) is 5.85. The van der Waals surface area contributed by atoms with Crippen LogP contribution in [0.4, 0.5) is 11.4 Å².